The molecule has 7 heteroatoms. The second-order valence-electron chi connectivity index (χ2n) is 6.15. The van der Waals surface area contributed by atoms with Gasteiger partial charge in [-0.15, -0.1) is 5.10 Å². The van der Waals surface area contributed by atoms with Gasteiger partial charge in [-0.2, -0.15) is 10.1 Å². The van der Waals surface area contributed by atoms with Crippen molar-refractivity contribution in [2.45, 2.75) is 26.7 Å². The van der Waals surface area contributed by atoms with Crippen LogP contribution in [0.5, 0.6) is 11.9 Å². The lowest BCUT2D eigenvalue weighted by molar-refractivity contribution is 0.353. The Morgan fingerprint density at radius 2 is 1.88 bits per heavy atom. The molecule has 24 heavy (non-hydrogen) atoms. The van der Waals surface area contributed by atoms with Gasteiger partial charge in [0.25, 0.3) is 0 Å². The van der Waals surface area contributed by atoms with E-state index in [-0.39, 0.29) is 6.01 Å². The highest BCUT2D eigenvalue weighted by Crippen LogP contribution is 2.31. The first kappa shape index (κ1) is 16.4. The number of methoxy groups -OCH3 is 2. The van der Waals surface area contributed by atoms with Gasteiger partial charge in [0.05, 0.1) is 31.2 Å². The highest BCUT2D eigenvalue weighted by Gasteiger charge is 2.20. The molecule has 0 radical (unpaired) electrons. The summed E-state index contributed by atoms with van der Waals surface area (Å²) < 4.78 is 10.4. The third-order valence-electron chi connectivity index (χ3n) is 4.46. The first-order valence-corrected chi connectivity index (χ1v) is 8.17. The molecule has 0 spiro atoms. The summed E-state index contributed by atoms with van der Waals surface area (Å²) in [4.78, 5) is 10.8. The summed E-state index contributed by atoms with van der Waals surface area (Å²) >= 11 is 0. The lowest BCUT2D eigenvalue weighted by atomic mass is 9.98. The lowest BCUT2D eigenvalue weighted by Crippen LogP contribution is -2.33. The van der Waals surface area contributed by atoms with Gasteiger partial charge < -0.3 is 14.4 Å². The maximum absolute atomic E-state index is 5.36. The molecule has 7 nitrogen and oxygen atoms in total. The van der Waals surface area contributed by atoms with E-state index < -0.39 is 0 Å². The van der Waals surface area contributed by atoms with E-state index in [0.29, 0.717) is 17.1 Å². The predicted molar refractivity (Wildman–Crippen MR) is 91.5 cm³/mol. The molecule has 1 saturated heterocycles. The molecule has 2 aromatic heterocycles. The number of hydrogen-bond donors (Lipinski definition) is 0. The second-order valence-corrected chi connectivity index (χ2v) is 6.15. The van der Waals surface area contributed by atoms with Crippen molar-refractivity contribution in [3.63, 3.8) is 0 Å². The molecule has 1 aliphatic heterocycles. The number of aromatic nitrogens is 4. The first-order valence-electron chi connectivity index (χ1n) is 8.17. The largest absolute Gasteiger partial charge is 0.480 e. The first-order chi connectivity index (χ1) is 11.6. The van der Waals surface area contributed by atoms with Crippen LogP contribution in [0.2, 0.25) is 0 Å². The van der Waals surface area contributed by atoms with Crippen molar-refractivity contribution in [1.29, 1.82) is 0 Å². The molecule has 1 aliphatic rings. The summed E-state index contributed by atoms with van der Waals surface area (Å²) in [5.74, 6) is 1.21. The van der Waals surface area contributed by atoms with Gasteiger partial charge in [0.2, 0.25) is 5.88 Å². The Labute approximate surface area is 142 Å². The third-order valence-corrected chi connectivity index (χ3v) is 4.46. The van der Waals surface area contributed by atoms with E-state index in [1.165, 1.54) is 20.0 Å². The maximum atomic E-state index is 5.36. The van der Waals surface area contributed by atoms with Gasteiger partial charge in [0, 0.05) is 19.3 Å². The fourth-order valence-electron chi connectivity index (χ4n) is 2.92. The fraction of sp³-hybridized carbons (Fsp3) is 0.529. The van der Waals surface area contributed by atoms with Gasteiger partial charge in [0.15, 0.2) is 0 Å². The molecule has 0 amide bonds. The van der Waals surface area contributed by atoms with Crippen molar-refractivity contribution < 1.29 is 9.47 Å². The van der Waals surface area contributed by atoms with Crippen LogP contribution in [0.4, 0.5) is 5.69 Å². The summed E-state index contributed by atoms with van der Waals surface area (Å²) in [6, 6.07) is 2.31. The summed E-state index contributed by atoms with van der Waals surface area (Å²) in [5, 5.41) is 8.64. The third kappa shape index (κ3) is 3.25. The standard InChI is InChI=1S/C17H23N5O2/c1-11-5-7-22(8-6-11)15-9-14(21-20-12(15)2)13-10-18-17(24-4)19-16(13)23-3/h9-11H,5-8H2,1-4H3. The van der Waals surface area contributed by atoms with Crippen LogP contribution in [-0.4, -0.2) is 47.5 Å². The zero-order valence-corrected chi connectivity index (χ0v) is 14.6. The van der Waals surface area contributed by atoms with Crippen molar-refractivity contribution >= 4 is 5.69 Å². The van der Waals surface area contributed by atoms with Crippen LogP contribution >= 0.6 is 0 Å². The molecule has 0 saturated carbocycles. The summed E-state index contributed by atoms with van der Waals surface area (Å²) in [6.07, 6.45) is 4.06. The SMILES string of the molecule is COc1ncc(-c2cc(N3CCC(C)CC3)c(C)nn2)c(OC)n1. The van der Waals surface area contributed by atoms with Gasteiger partial charge in [-0.25, -0.2) is 4.98 Å². The molecule has 2 aromatic rings. The number of anilines is 1. The zero-order valence-electron chi connectivity index (χ0n) is 14.6. The summed E-state index contributed by atoms with van der Waals surface area (Å²) in [6.45, 7) is 6.39. The Balaban J connectivity index is 1.96. The van der Waals surface area contributed by atoms with E-state index >= 15 is 0 Å². The van der Waals surface area contributed by atoms with Crippen LogP contribution in [-0.2, 0) is 0 Å². The molecule has 0 atom stereocenters. The van der Waals surface area contributed by atoms with E-state index in [1.54, 1.807) is 13.3 Å². The molecule has 0 N–H and O–H groups in total. The van der Waals surface area contributed by atoms with Crippen molar-refractivity contribution in [3.05, 3.63) is 18.0 Å². The van der Waals surface area contributed by atoms with Crippen molar-refractivity contribution in [3.8, 4) is 23.1 Å². The highest BCUT2D eigenvalue weighted by molar-refractivity contribution is 5.68. The Morgan fingerprint density at radius 3 is 2.54 bits per heavy atom. The number of hydrogen-bond acceptors (Lipinski definition) is 7. The van der Waals surface area contributed by atoms with Crippen LogP contribution < -0.4 is 14.4 Å². The molecule has 0 aromatic carbocycles. The van der Waals surface area contributed by atoms with E-state index in [9.17, 15) is 0 Å². The van der Waals surface area contributed by atoms with Gasteiger partial charge in [-0.05, 0) is 31.7 Å². The monoisotopic (exact) mass is 329 g/mol. The van der Waals surface area contributed by atoms with Crippen LogP contribution in [0.1, 0.15) is 25.5 Å². The van der Waals surface area contributed by atoms with Crippen LogP contribution in [0.25, 0.3) is 11.3 Å². The second kappa shape index (κ2) is 6.98. The quantitative estimate of drug-likeness (QED) is 0.853. The summed E-state index contributed by atoms with van der Waals surface area (Å²) in [5.41, 5.74) is 3.46. The minimum absolute atomic E-state index is 0.265. The number of piperidine rings is 1. The molecule has 0 unspecified atom stereocenters. The van der Waals surface area contributed by atoms with E-state index in [0.717, 1.165) is 30.4 Å². The Bertz CT molecular complexity index is 714. The molecule has 3 rings (SSSR count). The van der Waals surface area contributed by atoms with Gasteiger partial charge in [-0.3, -0.25) is 0 Å². The number of ether oxygens (including phenoxy) is 2. The number of nitrogens with zero attached hydrogens (tertiary/aromatic N) is 5. The molecule has 128 valence electrons. The number of rotatable bonds is 4. The minimum Gasteiger partial charge on any atom is -0.480 e. The smallest absolute Gasteiger partial charge is 0.319 e. The van der Waals surface area contributed by atoms with E-state index in [4.69, 9.17) is 9.47 Å². The van der Waals surface area contributed by atoms with Crippen molar-refractivity contribution in [2.24, 2.45) is 5.92 Å². The normalized spacial score (nSPS) is 15.4. The molecule has 0 bridgehead atoms. The minimum atomic E-state index is 0.265. The predicted octanol–water partition coefficient (Wildman–Crippen LogP) is 2.50. The number of aryl methyl sites for hydroxylation is 1. The lowest BCUT2D eigenvalue weighted by Gasteiger charge is -2.32. The Hall–Kier alpha value is -2.44. The molecular formula is C17H23N5O2. The zero-order chi connectivity index (χ0) is 17.1. The van der Waals surface area contributed by atoms with Gasteiger partial charge in [0.1, 0.15) is 5.69 Å². The van der Waals surface area contributed by atoms with Gasteiger partial charge in [-0.1, -0.05) is 6.92 Å². The van der Waals surface area contributed by atoms with E-state index in [2.05, 4.69) is 32.0 Å². The Morgan fingerprint density at radius 1 is 1.12 bits per heavy atom. The fourth-order valence-corrected chi connectivity index (χ4v) is 2.92. The average Bonchev–Trinajstić information content (AvgIpc) is 2.62. The maximum Gasteiger partial charge on any atom is 0.319 e. The summed E-state index contributed by atoms with van der Waals surface area (Å²) in [7, 11) is 3.09. The van der Waals surface area contributed by atoms with Crippen LogP contribution in [0.3, 0.4) is 0 Å². The highest BCUT2D eigenvalue weighted by atomic mass is 16.5. The van der Waals surface area contributed by atoms with Crippen molar-refractivity contribution in [2.75, 3.05) is 32.2 Å². The van der Waals surface area contributed by atoms with Gasteiger partial charge >= 0.3 is 6.01 Å². The molecule has 3 heterocycles. The van der Waals surface area contributed by atoms with Crippen molar-refractivity contribution in [1.82, 2.24) is 20.2 Å². The van der Waals surface area contributed by atoms with Crippen LogP contribution in [0.15, 0.2) is 12.3 Å². The molecule has 1 fully saturated rings. The average molecular weight is 329 g/mol. The van der Waals surface area contributed by atoms with Crippen LogP contribution in [0, 0.1) is 12.8 Å². The van der Waals surface area contributed by atoms with E-state index in [1.807, 2.05) is 13.0 Å². The molecular weight excluding hydrogens is 306 g/mol. The molecule has 0 aliphatic carbocycles. The topological polar surface area (TPSA) is 73.3 Å². The Kier molecular flexibility index (Phi) is 4.78.